The van der Waals surface area contributed by atoms with Crippen LogP contribution in [0.4, 0.5) is 13.2 Å². The summed E-state index contributed by atoms with van der Waals surface area (Å²) in [4.78, 5) is 0. The Bertz CT molecular complexity index is 428. The fourth-order valence-electron chi connectivity index (χ4n) is 1.08. The zero-order valence-electron chi connectivity index (χ0n) is 6.35. The van der Waals surface area contributed by atoms with Crippen molar-refractivity contribution in [2.24, 2.45) is 0 Å². The number of fused-ring (bicyclic) bond motifs is 1. The summed E-state index contributed by atoms with van der Waals surface area (Å²) in [6.45, 7) is 0. The van der Waals surface area contributed by atoms with Crippen LogP contribution in [-0.2, 0) is 6.18 Å². The Hall–Kier alpha value is -1.45. The van der Waals surface area contributed by atoms with E-state index in [0.29, 0.717) is 11.0 Å². The Balaban J connectivity index is 2.61. The third-order valence-electron chi connectivity index (χ3n) is 1.71. The van der Waals surface area contributed by atoms with E-state index in [4.69, 9.17) is 4.42 Å². The number of benzene rings is 1. The summed E-state index contributed by atoms with van der Waals surface area (Å²) in [7, 11) is 0. The second-order valence-corrected chi connectivity index (χ2v) is 2.59. The van der Waals surface area contributed by atoms with Crippen molar-refractivity contribution in [1.82, 2.24) is 0 Å². The van der Waals surface area contributed by atoms with Gasteiger partial charge in [-0.2, -0.15) is 13.2 Å². The monoisotopic (exact) mass is 185 g/mol. The number of furan rings is 1. The molecular formula is C9H4F3O. The molecule has 13 heavy (non-hydrogen) atoms. The van der Waals surface area contributed by atoms with Gasteiger partial charge in [0.15, 0.2) is 0 Å². The summed E-state index contributed by atoms with van der Waals surface area (Å²) in [5, 5.41) is 0.342. The van der Waals surface area contributed by atoms with E-state index in [9.17, 15) is 13.2 Å². The van der Waals surface area contributed by atoms with Crippen molar-refractivity contribution in [3.8, 4) is 0 Å². The molecule has 1 aromatic carbocycles. The van der Waals surface area contributed by atoms with E-state index in [1.54, 1.807) is 0 Å². The first-order valence-corrected chi connectivity index (χ1v) is 3.53. The van der Waals surface area contributed by atoms with Crippen LogP contribution in [0.25, 0.3) is 11.0 Å². The Morgan fingerprint density at radius 3 is 2.69 bits per heavy atom. The summed E-state index contributed by atoms with van der Waals surface area (Å²) in [6.07, 6.45) is -3.07. The van der Waals surface area contributed by atoms with Crippen LogP contribution in [0.15, 0.2) is 28.9 Å². The van der Waals surface area contributed by atoms with Crippen molar-refractivity contribution >= 4 is 11.0 Å². The fraction of sp³-hybridized carbons (Fsp3) is 0.111. The first kappa shape index (κ1) is 8.16. The molecule has 0 saturated heterocycles. The van der Waals surface area contributed by atoms with Crippen LogP contribution in [0.5, 0.6) is 0 Å². The van der Waals surface area contributed by atoms with Crippen LogP contribution >= 0.6 is 0 Å². The molecule has 1 nitrogen and oxygen atoms in total. The van der Waals surface area contributed by atoms with Gasteiger partial charge in [0, 0.05) is 11.5 Å². The smallest absolute Gasteiger partial charge is 0.416 e. The zero-order valence-corrected chi connectivity index (χ0v) is 6.35. The number of rotatable bonds is 0. The summed E-state index contributed by atoms with van der Waals surface area (Å²) >= 11 is 0. The number of hydrogen-bond donors (Lipinski definition) is 0. The minimum absolute atomic E-state index is 0.342. The SMILES string of the molecule is FC(F)(F)c1ccc2oc[c]c2c1. The highest BCUT2D eigenvalue weighted by Crippen LogP contribution is 2.31. The number of hydrogen-bond acceptors (Lipinski definition) is 1. The highest BCUT2D eigenvalue weighted by atomic mass is 19.4. The molecule has 2 rings (SSSR count). The van der Waals surface area contributed by atoms with E-state index in [2.05, 4.69) is 6.07 Å². The van der Waals surface area contributed by atoms with Crippen molar-refractivity contribution < 1.29 is 17.6 Å². The molecule has 0 bridgehead atoms. The summed E-state index contributed by atoms with van der Waals surface area (Å²) in [5.74, 6) is 0. The molecule has 1 radical (unpaired) electrons. The lowest BCUT2D eigenvalue weighted by Gasteiger charge is -2.04. The summed E-state index contributed by atoms with van der Waals surface area (Å²) in [5.41, 5.74) is -0.273. The molecule has 0 aliphatic carbocycles. The average molecular weight is 185 g/mol. The Labute approximate surface area is 71.8 Å². The van der Waals surface area contributed by atoms with E-state index in [1.165, 1.54) is 12.3 Å². The van der Waals surface area contributed by atoms with Gasteiger partial charge in [0.25, 0.3) is 0 Å². The third kappa shape index (κ3) is 1.39. The minimum atomic E-state index is -4.31. The first-order valence-electron chi connectivity index (χ1n) is 3.53. The van der Waals surface area contributed by atoms with Crippen molar-refractivity contribution in [2.75, 3.05) is 0 Å². The van der Waals surface area contributed by atoms with Crippen molar-refractivity contribution in [3.05, 3.63) is 36.1 Å². The number of alkyl halides is 3. The van der Waals surface area contributed by atoms with Gasteiger partial charge in [0.05, 0.1) is 11.8 Å². The highest BCUT2D eigenvalue weighted by Gasteiger charge is 2.30. The predicted octanol–water partition coefficient (Wildman–Crippen LogP) is 3.25. The van der Waals surface area contributed by atoms with Crippen LogP contribution in [0.2, 0.25) is 0 Å². The van der Waals surface area contributed by atoms with Gasteiger partial charge < -0.3 is 4.42 Å². The molecule has 1 heterocycles. The van der Waals surface area contributed by atoms with Crippen LogP contribution in [-0.4, -0.2) is 0 Å². The molecule has 1 aromatic heterocycles. The van der Waals surface area contributed by atoms with Gasteiger partial charge in [-0.15, -0.1) is 0 Å². The molecule has 0 unspecified atom stereocenters. The van der Waals surface area contributed by atoms with Gasteiger partial charge >= 0.3 is 6.18 Å². The Morgan fingerprint density at radius 2 is 2.00 bits per heavy atom. The van der Waals surface area contributed by atoms with E-state index in [0.717, 1.165) is 12.1 Å². The molecule has 2 aromatic rings. The van der Waals surface area contributed by atoms with Crippen molar-refractivity contribution in [2.45, 2.75) is 6.18 Å². The molecule has 0 spiro atoms. The van der Waals surface area contributed by atoms with Crippen molar-refractivity contribution in [3.63, 3.8) is 0 Å². The van der Waals surface area contributed by atoms with Gasteiger partial charge in [-0.25, -0.2) is 0 Å². The molecule has 0 aliphatic heterocycles. The maximum atomic E-state index is 12.2. The second kappa shape index (κ2) is 2.52. The fourth-order valence-corrected chi connectivity index (χ4v) is 1.08. The van der Waals surface area contributed by atoms with Gasteiger partial charge in [0.1, 0.15) is 5.58 Å². The second-order valence-electron chi connectivity index (χ2n) is 2.59. The lowest BCUT2D eigenvalue weighted by molar-refractivity contribution is -0.137. The van der Waals surface area contributed by atoms with Crippen LogP contribution < -0.4 is 0 Å². The summed E-state index contributed by atoms with van der Waals surface area (Å²) in [6, 6.07) is 5.85. The third-order valence-corrected chi connectivity index (χ3v) is 1.71. The lowest BCUT2D eigenvalue weighted by atomic mass is 10.1. The maximum absolute atomic E-state index is 12.2. The molecule has 0 N–H and O–H groups in total. The topological polar surface area (TPSA) is 13.1 Å². The lowest BCUT2D eigenvalue weighted by Crippen LogP contribution is -2.03. The molecule has 4 heteroatoms. The molecule has 0 amide bonds. The maximum Gasteiger partial charge on any atom is 0.416 e. The Morgan fingerprint density at radius 1 is 1.23 bits per heavy atom. The minimum Gasteiger partial charge on any atom is -0.464 e. The predicted molar refractivity (Wildman–Crippen MR) is 40.1 cm³/mol. The summed E-state index contributed by atoms with van der Waals surface area (Å²) < 4.78 is 41.4. The standard InChI is InChI=1S/C9H4F3O/c10-9(11,12)7-1-2-8-6(5-7)3-4-13-8/h1-2,4-5H. The van der Waals surface area contributed by atoms with Crippen LogP contribution in [0.3, 0.4) is 0 Å². The Kier molecular flexibility index (Phi) is 1.58. The van der Waals surface area contributed by atoms with Crippen LogP contribution in [0.1, 0.15) is 5.56 Å². The van der Waals surface area contributed by atoms with E-state index in [1.807, 2.05) is 0 Å². The van der Waals surface area contributed by atoms with E-state index in [-0.39, 0.29) is 0 Å². The molecule has 0 saturated carbocycles. The van der Waals surface area contributed by atoms with Gasteiger partial charge in [0.2, 0.25) is 0 Å². The molecule has 0 aliphatic rings. The first-order chi connectivity index (χ1) is 6.07. The van der Waals surface area contributed by atoms with Gasteiger partial charge in [-0.05, 0) is 18.2 Å². The van der Waals surface area contributed by atoms with Gasteiger partial charge in [-0.3, -0.25) is 0 Å². The molecule has 0 atom stereocenters. The normalized spacial score (nSPS) is 12.2. The van der Waals surface area contributed by atoms with Gasteiger partial charge in [-0.1, -0.05) is 0 Å². The van der Waals surface area contributed by atoms with E-state index >= 15 is 0 Å². The van der Waals surface area contributed by atoms with Crippen LogP contribution in [0, 0.1) is 6.07 Å². The van der Waals surface area contributed by atoms with E-state index < -0.39 is 11.7 Å². The molecule has 67 valence electrons. The zero-order chi connectivity index (χ0) is 9.47. The molecular weight excluding hydrogens is 181 g/mol. The van der Waals surface area contributed by atoms with Crippen molar-refractivity contribution in [1.29, 1.82) is 0 Å². The molecule has 0 fully saturated rings. The quantitative estimate of drug-likeness (QED) is 0.614. The average Bonchev–Trinajstić information content (AvgIpc) is 2.47. The highest BCUT2D eigenvalue weighted by molar-refractivity contribution is 5.77. The number of halogens is 3. The largest absolute Gasteiger partial charge is 0.464 e.